The zero-order valence-electron chi connectivity index (χ0n) is 15.0. The minimum absolute atomic E-state index is 0.0161. The van der Waals surface area contributed by atoms with Crippen molar-refractivity contribution in [2.45, 2.75) is 25.7 Å². The van der Waals surface area contributed by atoms with Crippen molar-refractivity contribution < 1.29 is 12.8 Å². The Morgan fingerprint density at radius 3 is 2.85 bits per heavy atom. The van der Waals surface area contributed by atoms with Crippen molar-refractivity contribution in [2.24, 2.45) is 0 Å². The third-order valence-corrected chi connectivity index (χ3v) is 6.86. The third-order valence-electron chi connectivity index (χ3n) is 5.01. The Labute approximate surface area is 157 Å². The first-order chi connectivity index (χ1) is 13.0. The van der Waals surface area contributed by atoms with Crippen molar-refractivity contribution >= 4 is 15.7 Å². The van der Waals surface area contributed by atoms with E-state index in [9.17, 15) is 12.8 Å². The predicted octanol–water partition coefficient (Wildman–Crippen LogP) is 3.06. The lowest BCUT2D eigenvalue weighted by atomic mass is 9.99. The number of hydrogen-bond acceptors (Lipinski definition) is 4. The number of aromatic nitrogens is 3. The van der Waals surface area contributed by atoms with E-state index in [1.54, 1.807) is 21.8 Å². The molecule has 1 aliphatic rings. The molecule has 4 rings (SSSR count). The zero-order chi connectivity index (χ0) is 19.0. The van der Waals surface area contributed by atoms with E-state index in [-0.39, 0.29) is 17.5 Å². The highest BCUT2D eigenvalue weighted by Gasteiger charge is 2.30. The first kappa shape index (κ1) is 18.1. The number of nitrogens with zero attached hydrogens (tertiary/aromatic N) is 4. The second-order valence-electron chi connectivity index (χ2n) is 6.80. The Bertz CT molecular complexity index is 1080. The van der Waals surface area contributed by atoms with Crippen LogP contribution in [-0.4, -0.2) is 46.2 Å². The summed E-state index contributed by atoms with van der Waals surface area (Å²) in [5.41, 5.74) is 2.31. The minimum atomic E-state index is -3.20. The Morgan fingerprint density at radius 2 is 2.07 bits per heavy atom. The molecule has 0 unspecified atom stereocenters. The Hall–Kier alpha value is -2.32. The van der Waals surface area contributed by atoms with E-state index < -0.39 is 10.0 Å². The topological polar surface area (TPSA) is 67.6 Å². The summed E-state index contributed by atoms with van der Waals surface area (Å²) in [7, 11) is -3.20. The van der Waals surface area contributed by atoms with Crippen molar-refractivity contribution in [3.8, 4) is 11.1 Å². The second-order valence-corrected chi connectivity index (χ2v) is 9.06. The minimum Gasteiger partial charge on any atom is -0.220 e. The molecule has 0 radical (unpaired) electrons. The summed E-state index contributed by atoms with van der Waals surface area (Å²) in [6, 6.07) is 10.1. The average Bonchev–Trinajstić information content (AvgIpc) is 3.11. The summed E-state index contributed by atoms with van der Waals surface area (Å²) in [4.78, 5) is 4.59. The fourth-order valence-corrected chi connectivity index (χ4v) is 4.68. The summed E-state index contributed by atoms with van der Waals surface area (Å²) in [5.74, 6) is 0.460. The largest absolute Gasteiger partial charge is 0.220 e. The fourth-order valence-electron chi connectivity index (χ4n) is 3.50. The molecule has 1 atom stereocenters. The molecule has 2 aromatic heterocycles. The van der Waals surface area contributed by atoms with E-state index in [0.29, 0.717) is 24.6 Å². The highest BCUT2D eigenvalue weighted by Crippen LogP contribution is 2.27. The van der Waals surface area contributed by atoms with Gasteiger partial charge in [0.2, 0.25) is 10.0 Å². The number of halogens is 1. The molecule has 0 spiro atoms. The lowest BCUT2D eigenvalue weighted by molar-refractivity contribution is 0.309. The molecule has 0 aliphatic carbocycles. The van der Waals surface area contributed by atoms with Crippen LogP contribution < -0.4 is 0 Å². The second kappa shape index (κ2) is 7.01. The lowest BCUT2D eigenvalue weighted by Gasteiger charge is -2.30. The van der Waals surface area contributed by atoms with E-state index in [2.05, 4.69) is 10.1 Å². The number of rotatable bonds is 4. The van der Waals surface area contributed by atoms with Crippen LogP contribution >= 0.6 is 0 Å². The van der Waals surface area contributed by atoms with Gasteiger partial charge in [-0.2, -0.15) is 5.10 Å². The normalized spacial score (nSPS) is 18.8. The van der Waals surface area contributed by atoms with Gasteiger partial charge in [-0.3, -0.25) is 0 Å². The molecule has 1 saturated heterocycles. The molecule has 1 aliphatic heterocycles. The van der Waals surface area contributed by atoms with Gasteiger partial charge in [-0.1, -0.05) is 12.1 Å². The SMILES string of the molecule is CCS(=O)(=O)N1CCC[C@@H](c2nc3ccc(-c4cccc(F)c4)cn3n2)C1. The van der Waals surface area contributed by atoms with Crippen molar-refractivity contribution in [1.29, 1.82) is 0 Å². The highest BCUT2D eigenvalue weighted by molar-refractivity contribution is 7.89. The molecule has 3 heterocycles. The quantitative estimate of drug-likeness (QED) is 0.689. The fraction of sp³-hybridized carbons (Fsp3) is 0.368. The number of piperidine rings is 1. The summed E-state index contributed by atoms with van der Waals surface area (Å²) >= 11 is 0. The molecule has 0 bridgehead atoms. The molecule has 27 heavy (non-hydrogen) atoms. The first-order valence-electron chi connectivity index (χ1n) is 9.06. The van der Waals surface area contributed by atoms with Crippen LogP contribution in [0.5, 0.6) is 0 Å². The van der Waals surface area contributed by atoms with Crippen LogP contribution in [0.1, 0.15) is 31.5 Å². The van der Waals surface area contributed by atoms with Crippen LogP contribution in [0.3, 0.4) is 0 Å². The van der Waals surface area contributed by atoms with Crippen LogP contribution in [0, 0.1) is 5.82 Å². The van der Waals surface area contributed by atoms with Gasteiger partial charge in [-0.25, -0.2) is 26.6 Å². The van der Waals surface area contributed by atoms with Gasteiger partial charge >= 0.3 is 0 Å². The molecular weight excluding hydrogens is 367 g/mol. The molecule has 0 saturated carbocycles. The van der Waals surface area contributed by atoms with Crippen LogP contribution in [0.2, 0.25) is 0 Å². The molecule has 0 N–H and O–H groups in total. The summed E-state index contributed by atoms with van der Waals surface area (Å²) in [6.07, 6.45) is 3.49. The number of sulfonamides is 1. The smallest absolute Gasteiger partial charge is 0.213 e. The molecule has 6 nitrogen and oxygen atoms in total. The predicted molar refractivity (Wildman–Crippen MR) is 101 cm³/mol. The number of benzene rings is 1. The van der Waals surface area contributed by atoms with Crippen molar-refractivity contribution in [1.82, 2.24) is 18.9 Å². The van der Waals surface area contributed by atoms with Crippen LogP contribution in [-0.2, 0) is 10.0 Å². The number of fused-ring (bicyclic) bond motifs is 1. The summed E-state index contributed by atoms with van der Waals surface area (Å²) < 4.78 is 41.1. The maximum atomic E-state index is 13.5. The maximum Gasteiger partial charge on any atom is 0.213 e. The average molecular weight is 388 g/mol. The van der Waals surface area contributed by atoms with Crippen LogP contribution in [0.25, 0.3) is 16.8 Å². The van der Waals surface area contributed by atoms with Gasteiger partial charge in [0.15, 0.2) is 11.5 Å². The molecule has 1 aromatic carbocycles. The first-order valence-corrected chi connectivity index (χ1v) is 10.7. The Morgan fingerprint density at radius 1 is 1.22 bits per heavy atom. The summed E-state index contributed by atoms with van der Waals surface area (Å²) in [6.45, 7) is 2.64. The van der Waals surface area contributed by atoms with Gasteiger partial charge < -0.3 is 0 Å². The van der Waals surface area contributed by atoms with Gasteiger partial charge in [0.1, 0.15) is 5.82 Å². The van der Waals surface area contributed by atoms with Crippen molar-refractivity contribution in [3.63, 3.8) is 0 Å². The van der Waals surface area contributed by atoms with E-state index in [0.717, 1.165) is 24.0 Å². The van der Waals surface area contributed by atoms with Crippen LogP contribution in [0.15, 0.2) is 42.6 Å². The van der Waals surface area contributed by atoms with E-state index in [4.69, 9.17) is 0 Å². The number of pyridine rings is 1. The molecule has 8 heteroatoms. The highest BCUT2D eigenvalue weighted by atomic mass is 32.2. The molecule has 0 amide bonds. The molecular formula is C19H21FN4O2S. The Kier molecular flexibility index (Phi) is 4.69. The van der Waals surface area contributed by atoms with Crippen molar-refractivity contribution in [2.75, 3.05) is 18.8 Å². The van der Waals surface area contributed by atoms with Crippen LogP contribution in [0.4, 0.5) is 4.39 Å². The van der Waals surface area contributed by atoms with Gasteiger partial charge in [-0.05, 0) is 49.6 Å². The van der Waals surface area contributed by atoms with Gasteiger partial charge in [0.05, 0.1) is 5.75 Å². The van der Waals surface area contributed by atoms with Gasteiger partial charge in [0, 0.05) is 30.8 Å². The van der Waals surface area contributed by atoms with E-state index >= 15 is 0 Å². The van der Waals surface area contributed by atoms with E-state index in [1.165, 1.54) is 12.1 Å². The van der Waals surface area contributed by atoms with E-state index in [1.807, 2.05) is 24.4 Å². The maximum absolute atomic E-state index is 13.5. The molecule has 1 fully saturated rings. The zero-order valence-corrected chi connectivity index (χ0v) is 15.9. The molecule has 3 aromatic rings. The van der Waals surface area contributed by atoms with Gasteiger partial charge in [0.25, 0.3) is 0 Å². The Balaban J connectivity index is 1.64. The summed E-state index contributed by atoms with van der Waals surface area (Å²) in [5, 5.41) is 4.58. The molecule has 142 valence electrons. The lowest BCUT2D eigenvalue weighted by Crippen LogP contribution is -2.40. The van der Waals surface area contributed by atoms with Crippen molar-refractivity contribution in [3.05, 3.63) is 54.2 Å². The monoisotopic (exact) mass is 388 g/mol. The standard InChI is InChI=1S/C19H21FN4O2S/c1-2-27(25,26)23-10-4-6-16(12-23)19-21-18-9-8-15(13-24(18)22-19)14-5-3-7-17(20)11-14/h3,5,7-9,11,13,16H,2,4,6,10,12H2,1H3/t16-/m1/s1. The third kappa shape index (κ3) is 3.59. The number of hydrogen-bond donors (Lipinski definition) is 0. The van der Waals surface area contributed by atoms with Gasteiger partial charge in [-0.15, -0.1) is 0 Å².